The summed E-state index contributed by atoms with van der Waals surface area (Å²) in [5, 5.41) is 6.59. The van der Waals surface area contributed by atoms with Gasteiger partial charge in [0.05, 0.1) is 32.5 Å². The first-order chi connectivity index (χ1) is 14.9. The van der Waals surface area contributed by atoms with E-state index in [2.05, 4.69) is 5.10 Å². The van der Waals surface area contributed by atoms with E-state index in [1.807, 2.05) is 90.1 Å². The van der Waals surface area contributed by atoms with Crippen LogP contribution < -0.4 is 9.47 Å². The van der Waals surface area contributed by atoms with Gasteiger partial charge in [0, 0.05) is 0 Å². The number of hydrogen-bond donors (Lipinski definition) is 0. The second-order valence-corrected chi connectivity index (χ2v) is 7.07. The summed E-state index contributed by atoms with van der Waals surface area (Å²) in [6.07, 6.45) is 1.86. The fourth-order valence-electron chi connectivity index (χ4n) is 3.13. The molecule has 0 unspecified atom stereocenters. The van der Waals surface area contributed by atoms with Gasteiger partial charge in [-0.1, -0.05) is 60.7 Å². The van der Waals surface area contributed by atoms with Crippen molar-refractivity contribution in [3.05, 3.63) is 95.6 Å². The Morgan fingerprint density at radius 3 is 2.00 bits per heavy atom. The van der Waals surface area contributed by atoms with Crippen LogP contribution in [0.25, 0.3) is 0 Å². The second kappa shape index (κ2) is 10.5. The second-order valence-electron chi connectivity index (χ2n) is 7.07. The molecule has 1 fully saturated rings. The number of benzene rings is 3. The molecule has 3 aromatic carbocycles. The van der Waals surface area contributed by atoms with Crippen LogP contribution >= 0.6 is 0 Å². The molecule has 0 radical (unpaired) electrons. The molecule has 0 bridgehead atoms. The molecule has 5 nitrogen and oxygen atoms in total. The summed E-state index contributed by atoms with van der Waals surface area (Å²) in [4.78, 5) is 0. The monoisotopic (exact) mass is 402 g/mol. The highest BCUT2D eigenvalue weighted by Crippen LogP contribution is 2.29. The van der Waals surface area contributed by atoms with Crippen LogP contribution in [0.4, 0.5) is 0 Å². The first-order valence-electron chi connectivity index (χ1n) is 10.2. The third-order valence-electron chi connectivity index (χ3n) is 4.80. The average molecular weight is 402 g/mol. The van der Waals surface area contributed by atoms with Crippen molar-refractivity contribution in [3.8, 4) is 11.5 Å². The van der Waals surface area contributed by atoms with Gasteiger partial charge in [0.2, 0.25) is 0 Å². The SMILES string of the molecule is C(=N\N1CCOCC1)/c1ccc(OCc2ccccc2)c(OCc2ccccc2)c1. The third-order valence-corrected chi connectivity index (χ3v) is 4.80. The van der Waals surface area contributed by atoms with Gasteiger partial charge >= 0.3 is 0 Å². The predicted octanol–water partition coefficient (Wildman–Crippen LogP) is 4.51. The summed E-state index contributed by atoms with van der Waals surface area (Å²) in [5.74, 6) is 1.43. The van der Waals surface area contributed by atoms with Gasteiger partial charge in [-0.05, 0) is 34.9 Å². The summed E-state index contributed by atoms with van der Waals surface area (Å²) < 4.78 is 17.6. The zero-order valence-electron chi connectivity index (χ0n) is 16.9. The maximum Gasteiger partial charge on any atom is 0.162 e. The van der Waals surface area contributed by atoms with E-state index < -0.39 is 0 Å². The van der Waals surface area contributed by atoms with Gasteiger partial charge in [0.1, 0.15) is 13.2 Å². The summed E-state index contributed by atoms with van der Waals surface area (Å²) in [7, 11) is 0. The molecule has 0 aromatic heterocycles. The smallest absolute Gasteiger partial charge is 0.162 e. The minimum atomic E-state index is 0.479. The van der Waals surface area contributed by atoms with Crippen molar-refractivity contribution in [2.75, 3.05) is 26.3 Å². The van der Waals surface area contributed by atoms with Crippen LogP contribution in [0.3, 0.4) is 0 Å². The number of ether oxygens (including phenoxy) is 3. The fraction of sp³-hybridized carbons (Fsp3) is 0.240. The zero-order chi connectivity index (χ0) is 20.4. The molecule has 1 aliphatic rings. The minimum absolute atomic E-state index is 0.479. The molecule has 5 heteroatoms. The normalized spacial score (nSPS) is 14.1. The molecule has 3 aromatic rings. The van der Waals surface area contributed by atoms with Crippen LogP contribution in [-0.2, 0) is 18.0 Å². The number of rotatable bonds is 8. The lowest BCUT2D eigenvalue weighted by Crippen LogP contribution is -2.32. The maximum atomic E-state index is 6.12. The van der Waals surface area contributed by atoms with Crippen molar-refractivity contribution in [3.63, 3.8) is 0 Å². The van der Waals surface area contributed by atoms with Crippen molar-refractivity contribution < 1.29 is 14.2 Å². The first-order valence-corrected chi connectivity index (χ1v) is 10.2. The Morgan fingerprint density at radius 1 is 0.767 bits per heavy atom. The van der Waals surface area contributed by atoms with E-state index in [4.69, 9.17) is 14.2 Å². The fourth-order valence-corrected chi connectivity index (χ4v) is 3.13. The van der Waals surface area contributed by atoms with Crippen molar-refractivity contribution in [2.45, 2.75) is 13.2 Å². The number of nitrogens with zero attached hydrogens (tertiary/aromatic N) is 2. The lowest BCUT2D eigenvalue weighted by molar-refractivity contribution is 0.0397. The molecule has 0 N–H and O–H groups in total. The molecule has 1 aliphatic heterocycles. The average Bonchev–Trinajstić information content (AvgIpc) is 2.82. The molecule has 0 aliphatic carbocycles. The van der Waals surface area contributed by atoms with Crippen LogP contribution in [0.5, 0.6) is 11.5 Å². The van der Waals surface area contributed by atoms with E-state index in [9.17, 15) is 0 Å². The molecule has 1 saturated heterocycles. The Hall–Kier alpha value is -3.31. The molecular weight excluding hydrogens is 376 g/mol. The molecule has 0 amide bonds. The molecular formula is C25H26N2O3. The summed E-state index contributed by atoms with van der Waals surface area (Å²) >= 11 is 0. The van der Waals surface area contributed by atoms with E-state index in [-0.39, 0.29) is 0 Å². The van der Waals surface area contributed by atoms with Gasteiger partial charge in [-0.25, -0.2) is 0 Å². The van der Waals surface area contributed by atoms with Crippen molar-refractivity contribution in [1.29, 1.82) is 0 Å². The largest absolute Gasteiger partial charge is 0.485 e. The van der Waals surface area contributed by atoms with Gasteiger partial charge in [-0.3, -0.25) is 5.01 Å². The van der Waals surface area contributed by atoms with Crippen LogP contribution in [-0.4, -0.2) is 37.5 Å². The highest BCUT2D eigenvalue weighted by molar-refractivity contribution is 5.80. The van der Waals surface area contributed by atoms with Crippen LogP contribution in [0.1, 0.15) is 16.7 Å². The molecule has 0 saturated carbocycles. The Bertz CT molecular complexity index is 939. The molecule has 30 heavy (non-hydrogen) atoms. The quantitative estimate of drug-likeness (QED) is 0.520. The maximum absolute atomic E-state index is 6.12. The molecule has 0 spiro atoms. The van der Waals surface area contributed by atoms with E-state index in [1.54, 1.807) is 0 Å². The lowest BCUT2D eigenvalue weighted by Gasteiger charge is -2.23. The Balaban J connectivity index is 1.49. The van der Waals surface area contributed by atoms with Crippen molar-refractivity contribution in [1.82, 2.24) is 5.01 Å². The highest BCUT2D eigenvalue weighted by atomic mass is 16.5. The van der Waals surface area contributed by atoms with Gasteiger partial charge < -0.3 is 14.2 Å². The van der Waals surface area contributed by atoms with E-state index in [1.165, 1.54) is 0 Å². The first kappa shape index (κ1) is 20.0. The number of hydrogen-bond acceptors (Lipinski definition) is 5. The van der Waals surface area contributed by atoms with E-state index in [0.29, 0.717) is 19.0 Å². The van der Waals surface area contributed by atoms with Crippen LogP contribution in [0.15, 0.2) is 84.0 Å². The molecule has 0 atom stereocenters. The third kappa shape index (κ3) is 5.84. The number of hydrazone groups is 1. The summed E-state index contributed by atoms with van der Waals surface area (Å²) in [6, 6.07) is 26.2. The number of morpholine rings is 1. The molecule has 4 rings (SSSR count). The Labute approximate surface area is 177 Å². The van der Waals surface area contributed by atoms with Gasteiger partial charge in [-0.2, -0.15) is 5.10 Å². The van der Waals surface area contributed by atoms with Crippen LogP contribution in [0.2, 0.25) is 0 Å². The Kier molecular flexibility index (Phi) is 6.97. The topological polar surface area (TPSA) is 43.3 Å². The minimum Gasteiger partial charge on any atom is -0.485 e. The molecule has 154 valence electrons. The summed E-state index contributed by atoms with van der Waals surface area (Å²) in [5.41, 5.74) is 3.19. The van der Waals surface area contributed by atoms with E-state index in [0.717, 1.165) is 48.7 Å². The van der Waals surface area contributed by atoms with Gasteiger partial charge in [0.15, 0.2) is 11.5 Å². The predicted molar refractivity (Wildman–Crippen MR) is 118 cm³/mol. The zero-order valence-corrected chi connectivity index (χ0v) is 16.9. The van der Waals surface area contributed by atoms with Gasteiger partial charge in [0.25, 0.3) is 0 Å². The standard InChI is InChI=1S/C25H26N2O3/c1-3-7-21(8-4-1)19-29-24-12-11-23(18-26-27-13-15-28-16-14-27)17-25(24)30-20-22-9-5-2-6-10-22/h1-12,17-18H,13-16,19-20H2/b26-18+. The van der Waals surface area contributed by atoms with E-state index >= 15 is 0 Å². The van der Waals surface area contributed by atoms with Crippen molar-refractivity contribution in [2.24, 2.45) is 5.10 Å². The van der Waals surface area contributed by atoms with Crippen molar-refractivity contribution >= 4 is 6.21 Å². The lowest BCUT2D eigenvalue weighted by atomic mass is 10.2. The molecule has 1 heterocycles. The van der Waals surface area contributed by atoms with Gasteiger partial charge in [-0.15, -0.1) is 0 Å². The highest BCUT2D eigenvalue weighted by Gasteiger charge is 2.09. The Morgan fingerprint density at radius 2 is 1.37 bits per heavy atom. The van der Waals surface area contributed by atoms with Crippen LogP contribution in [0, 0.1) is 0 Å². The summed E-state index contributed by atoms with van der Waals surface area (Å²) in [6.45, 7) is 4.03.